The number of aromatic amines is 1. The Hall–Kier alpha value is -2.64. The number of anilines is 1. The van der Waals surface area contributed by atoms with Crippen LogP contribution in [0.4, 0.5) is 5.95 Å². The molecule has 1 fully saturated rings. The maximum atomic E-state index is 12.1. The van der Waals surface area contributed by atoms with E-state index < -0.39 is 0 Å². The molecule has 1 saturated carbocycles. The highest BCUT2D eigenvalue weighted by Gasteiger charge is 2.27. The first-order valence-electron chi connectivity index (χ1n) is 8.41. The highest BCUT2D eigenvalue weighted by Crippen LogP contribution is 2.40. The molecule has 3 aromatic heterocycles. The molecule has 0 radical (unpaired) electrons. The largest absolute Gasteiger partial charge is 0.361 e. The predicted molar refractivity (Wildman–Crippen MR) is 88.0 cm³/mol. The van der Waals surface area contributed by atoms with Crippen LogP contribution in [0.15, 0.2) is 21.5 Å². The molecule has 0 bridgehead atoms. The average molecular weight is 328 g/mol. The molecule has 24 heavy (non-hydrogen) atoms. The van der Waals surface area contributed by atoms with Crippen molar-refractivity contribution >= 4 is 11.7 Å². The fourth-order valence-corrected chi connectivity index (χ4v) is 2.64. The van der Waals surface area contributed by atoms with Crippen LogP contribution in [0.5, 0.6) is 0 Å². The van der Waals surface area contributed by atoms with Gasteiger partial charge in [-0.2, -0.15) is 9.50 Å². The second-order valence-electron chi connectivity index (χ2n) is 6.25. The lowest BCUT2D eigenvalue weighted by atomic mass is 10.2. The lowest BCUT2D eigenvalue weighted by molar-refractivity contribution is 0.379. The first-order valence-corrected chi connectivity index (χ1v) is 8.41. The molecule has 1 aliphatic rings. The van der Waals surface area contributed by atoms with Crippen molar-refractivity contribution in [2.75, 3.05) is 5.32 Å². The Balaban J connectivity index is 1.49. The number of rotatable bonds is 7. The number of nitrogens with one attached hydrogen (secondary N) is 2. The Labute approximate surface area is 138 Å². The van der Waals surface area contributed by atoms with Gasteiger partial charge in [-0.15, -0.1) is 0 Å². The van der Waals surface area contributed by atoms with Gasteiger partial charge in [-0.3, -0.25) is 9.89 Å². The van der Waals surface area contributed by atoms with E-state index in [-0.39, 0.29) is 5.56 Å². The minimum absolute atomic E-state index is 0.149. The lowest BCUT2D eigenvalue weighted by Crippen LogP contribution is -2.15. The van der Waals surface area contributed by atoms with Gasteiger partial charge in [-0.25, -0.2) is 4.98 Å². The highest BCUT2D eigenvalue weighted by molar-refractivity contribution is 5.37. The fourth-order valence-electron chi connectivity index (χ4n) is 2.64. The highest BCUT2D eigenvalue weighted by atomic mass is 16.5. The third kappa shape index (κ3) is 3.04. The summed E-state index contributed by atoms with van der Waals surface area (Å²) in [7, 11) is 0. The summed E-state index contributed by atoms with van der Waals surface area (Å²) in [5, 5.41) is 10.1. The van der Waals surface area contributed by atoms with Crippen molar-refractivity contribution in [3.63, 3.8) is 0 Å². The minimum Gasteiger partial charge on any atom is -0.361 e. The second kappa shape index (κ2) is 6.10. The zero-order chi connectivity index (χ0) is 16.5. The van der Waals surface area contributed by atoms with Crippen LogP contribution in [-0.2, 0) is 13.0 Å². The number of H-pyrrole nitrogens is 1. The van der Waals surface area contributed by atoms with Crippen LogP contribution in [-0.4, -0.2) is 24.7 Å². The summed E-state index contributed by atoms with van der Waals surface area (Å²) >= 11 is 0. The van der Waals surface area contributed by atoms with E-state index in [9.17, 15) is 4.79 Å². The molecule has 3 aromatic rings. The molecule has 2 N–H and O–H groups in total. The molecule has 0 spiro atoms. The third-order valence-electron chi connectivity index (χ3n) is 4.16. The smallest absolute Gasteiger partial charge is 0.274 e. The molecular weight excluding hydrogens is 308 g/mol. The molecule has 0 amide bonds. The molecule has 8 nitrogen and oxygen atoms in total. The summed E-state index contributed by atoms with van der Waals surface area (Å²) in [6.45, 7) is 2.59. The Bertz CT molecular complexity index is 905. The first kappa shape index (κ1) is 14.9. The van der Waals surface area contributed by atoms with Crippen LogP contribution in [0.1, 0.15) is 55.7 Å². The molecule has 0 aromatic carbocycles. The van der Waals surface area contributed by atoms with Gasteiger partial charge in [-0.05, 0) is 25.7 Å². The normalized spacial score (nSPS) is 14.4. The number of fused-ring (bicyclic) bond motifs is 1. The number of unbranched alkanes of at least 4 members (excludes halogenated alkanes) is 1. The number of aryl methyl sites for hydroxylation is 1. The van der Waals surface area contributed by atoms with Gasteiger partial charge in [0.15, 0.2) is 0 Å². The molecular formula is C16H20N6O2. The van der Waals surface area contributed by atoms with Gasteiger partial charge in [0.1, 0.15) is 11.5 Å². The van der Waals surface area contributed by atoms with Crippen LogP contribution < -0.4 is 10.9 Å². The van der Waals surface area contributed by atoms with Crippen LogP contribution >= 0.6 is 0 Å². The summed E-state index contributed by atoms with van der Waals surface area (Å²) in [5.74, 6) is 2.37. The summed E-state index contributed by atoms with van der Waals surface area (Å²) < 4.78 is 6.66. The van der Waals surface area contributed by atoms with Crippen molar-refractivity contribution in [2.45, 2.75) is 51.5 Å². The van der Waals surface area contributed by atoms with Gasteiger partial charge in [0.05, 0.1) is 12.2 Å². The summed E-state index contributed by atoms with van der Waals surface area (Å²) in [6.07, 6.45) is 5.23. The molecule has 0 atom stereocenters. The van der Waals surface area contributed by atoms with E-state index in [1.165, 1.54) is 17.4 Å². The quantitative estimate of drug-likeness (QED) is 0.690. The van der Waals surface area contributed by atoms with Gasteiger partial charge in [0, 0.05) is 18.1 Å². The van der Waals surface area contributed by atoms with Gasteiger partial charge in [0.2, 0.25) is 5.95 Å². The number of nitrogens with zero attached hydrogens (tertiary/aromatic N) is 4. The molecule has 1 aliphatic carbocycles. The number of hydrogen-bond donors (Lipinski definition) is 2. The predicted octanol–water partition coefficient (Wildman–Crippen LogP) is 2.24. The van der Waals surface area contributed by atoms with E-state index in [1.807, 2.05) is 6.07 Å². The van der Waals surface area contributed by atoms with Crippen molar-refractivity contribution in [3.8, 4) is 0 Å². The molecule has 4 rings (SSSR count). The Kier molecular flexibility index (Phi) is 3.79. The van der Waals surface area contributed by atoms with Crippen LogP contribution in [0, 0.1) is 0 Å². The van der Waals surface area contributed by atoms with Crippen molar-refractivity contribution in [3.05, 3.63) is 39.6 Å². The molecule has 3 heterocycles. The standard InChI is InChI=1S/C16H20N6O2/c1-2-3-4-11-8-14(23)22-16(18-11)19-15(20-22)17-9-12-7-13(24-21-12)10-5-6-10/h7-8,10H,2-6,9H2,1H3,(H2,17,18,19,20). The average Bonchev–Trinajstić information content (AvgIpc) is 3.17. The van der Waals surface area contributed by atoms with Crippen molar-refractivity contribution in [2.24, 2.45) is 0 Å². The van der Waals surface area contributed by atoms with Gasteiger partial charge in [0.25, 0.3) is 11.3 Å². The zero-order valence-electron chi connectivity index (χ0n) is 13.6. The number of hydrogen-bond acceptors (Lipinski definition) is 6. The van der Waals surface area contributed by atoms with E-state index in [1.54, 1.807) is 6.07 Å². The Morgan fingerprint density at radius 2 is 2.21 bits per heavy atom. The van der Waals surface area contributed by atoms with Gasteiger partial charge >= 0.3 is 0 Å². The molecule has 8 heteroatoms. The third-order valence-corrected chi connectivity index (χ3v) is 4.16. The summed E-state index contributed by atoms with van der Waals surface area (Å²) in [6, 6.07) is 3.53. The van der Waals surface area contributed by atoms with Crippen LogP contribution in [0.2, 0.25) is 0 Å². The van der Waals surface area contributed by atoms with E-state index in [0.717, 1.165) is 36.4 Å². The van der Waals surface area contributed by atoms with E-state index in [2.05, 4.69) is 32.5 Å². The summed E-state index contributed by atoms with van der Waals surface area (Å²) in [5.41, 5.74) is 1.45. The maximum Gasteiger partial charge on any atom is 0.274 e. The topological polar surface area (TPSA) is 101 Å². The molecule has 0 unspecified atom stereocenters. The number of aromatic nitrogens is 5. The van der Waals surface area contributed by atoms with Gasteiger partial charge < -0.3 is 9.84 Å². The van der Waals surface area contributed by atoms with Crippen molar-refractivity contribution in [1.82, 2.24) is 24.7 Å². The lowest BCUT2D eigenvalue weighted by Gasteiger charge is -1.97. The van der Waals surface area contributed by atoms with Gasteiger partial charge in [-0.1, -0.05) is 18.5 Å². The van der Waals surface area contributed by atoms with E-state index in [4.69, 9.17) is 4.52 Å². The Morgan fingerprint density at radius 3 is 3.00 bits per heavy atom. The minimum atomic E-state index is -0.149. The Morgan fingerprint density at radius 1 is 1.33 bits per heavy atom. The molecule has 126 valence electrons. The second-order valence-corrected chi connectivity index (χ2v) is 6.25. The first-order chi connectivity index (χ1) is 11.7. The maximum absolute atomic E-state index is 12.1. The van der Waals surface area contributed by atoms with E-state index in [0.29, 0.717) is 24.2 Å². The summed E-state index contributed by atoms with van der Waals surface area (Å²) in [4.78, 5) is 20.9. The SMILES string of the molecule is CCCCc1cc(=O)n2[nH]c(NCc3cc(C4CC4)on3)nc2n1. The van der Waals surface area contributed by atoms with E-state index >= 15 is 0 Å². The zero-order valence-corrected chi connectivity index (χ0v) is 13.6. The van der Waals surface area contributed by atoms with Crippen LogP contribution in [0.3, 0.4) is 0 Å². The molecule has 0 saturated heterocycles. The van der Waals surface area contributed by atoms with Crippen molar-refractivity contribution in [1.29, 1.82) is 0 Å². The van der Waals surface area contributed by atoms with Crippen molar-refractivity contribution < 1.29 is 4.52 Å². The monoisotopic (exact) mass is 328 g/mol. The molecule has 0 aliphatic heterocycles. The van der Waals surface area contributed by atoms with Crippen LogP contribution in [0.25, 0.3) is 5.78 Å². The fraction of sp³-hybridized carbons (Fsp3) is 0.500.